The second-order valence-electron chi connectivity index (χ2n) is 3.12. The van der Waals surface area contributed by atoms with Crippen LogP contribution >= 0.6 is 0 Å². The molecule has 64 valence electrons. The summed E-state index contributed by atoms with van der Waals surface area (Å²) in [7, 11) is 0. The second-order valence-corrected chi connectivity index (χ2v) is 3.12. The summed E-state index contributed by atoms with van der Waals surface area (Å²) in [5.41, 5.74) is -0.997. The first-order valence-electron chi connectivity index (χ1n) is 3.61. The fraction of sp³-hybridized carbons (Fsp3) is 0.571. The van der Waals surface area contributed by atoms with Gasteiger partial charge in [0.2, 0.25) is 5.91 Å². The lowest BCUT2D eigenvalue weighted by atomic mass is 10.2. The molecule has 1 saturated heterocycles. The van der Waals surface area contributed by atoms with Crippen LogP contribution in [0.25, 0.3) is 0 Å². The molecule has 0 unspecified atom stereocenters. The largest absolute Gasteiger partial charge is 0.391 e. The number of amides is 1. The van der Waals surface area contributed by atoms with Crippen molar-refractivity contribution in [3.8, 4) is 0 Å². The maximum absolute atomic E-state index is 11.0. The number of ether oxygens (including phenoxy) is 1. The maximum Gasteiger partial charge on any atom is 0.340 e. The van der Waals surface area contributed by atoms with E-state index in [9.17, 15) is 14.4 Å². The Bertz CT molecular complexity index is 298. The normalized spacial score (nSPS) is 37.2. The minimum atomic E-state index is -0.997. The summed E-state index contributed by atoms with van der Waals surface area (Å²) in [5, 5.41) is 2.44. The molecule has 0 aromatic carbocycles. The van der Waals surface area contributed by atoms with Crippen LogP contribution in [0.4, 0.5) is 0 Å². The topological polar surface area (TPSA) is 72.5 Å². The number of carbonyl (C=O) groups is 3. The molecule has 12 heavy (non-hydrogen) atoms. The summed E-state index contributed by atoms with van der Waals surface area (Å²) in [5.74, 6) is -1.89. The Balaban J connectivity index is 2.20. The van der Waals surface area contributed by atoms with Gasteiger partial charge in [-0.25, -0.2) is 4.79 Å². The van der Waals surface area contributed by atoms with Crippen molar-refractivity contribution in [1.82, 2.24) is 5.32 Å². The summed E-state index contributed by atoms with van der Waals surface area (Å²) in [6.45, 7) is 1.31. The van der Waals surface area contributed by atoms with Gasteiger partial charge in [-0.15, -0.1) is 0 Å². The molecule has 1 heterocycles. The van der Waals surface area contributed by atoms with Crippen molar-refractivity contribution in [3.63, 3.8) is 0 Å². The van der Waals surface area contributed by atoms with E-state index < -0.39 is 23.4 Å². The van der Waals surface area contributed by atoms with Crippen LogP contribution in [0.2, 0.25) is 0 Å². The smallest absolute Gasteiger partial charge is 0.340 e. The van der Waals surface area contributed by atoms with Crippen LogP contribution in [0.1, 0.15) is 13.3 Å². The zero-order valence-electron chi connectivity index (χ0n) is 6.42. The van der Waals surface area contributed by atoms with Crippen molar-refractivity contribution < 1.29 is 19.1 Å². The first-order chi connectivity index (χ1) is 5.56. The van der Waals surface area contributed by atoms with Crippen LogP contribution in [-0.2, 0) is 19.1 Å². The lowest BCUT2D eigenvalue weighted by Gasteiger charge is -2.07. The van der Waals surface area contributed by atoms with Gasteiger partial charge in [-0.1, -0.05) is 0 Å². The molecule has 1 aliphatic heterocycles. The molecule has 5 nitrogen and oxygen atoms in total. The molecule has 0 aromatic heterocycles. The van der Waals surface area contributed by atoms with Gasteiger partial charge in [0, 0.05) is 6.92 Å². The van der Waals surface area contributed by atoms with Gasteiger partial charge in [-0.3, -0.25) is 9.59 Å². The summed E-state index contributed by atoms with van der Waals surface area (Å²) in [6, 6.07) is 0. The van der Waals surface area contributed by atoms with E-state index in [0.29, 0.717) is 6.42 Å². The fourth-order valence-electron chi connectivity index (χ4n) is 1.53. The lowest BCUT2D eigenvalue weighted by molar-refractivity contribution is -0.156. The number of esters is 2. The third-order valence-electron chi connectivity index (χ3n) is 2.20. The molecule has 2 aliphatic rings. The highest BCUT2D eigenvalue weighted by molar-refractivity contribution is 6.08. The van der Waals surface area contributed by atoms with Crippen LogP contribution in [0.3, 0.4) is 0 Å². The Kier molecular flexibility index (Phi) is 1.12. The van der Waals surface area contributed by atoms with Crippen molar-refractivity contribution in [3.05, 3.63) is 0 Å². The maximum atomic E-state index is 11.0. The zero-order valence-corrected chi connectivity index (χ0v) is 6.42. The van der Waals surface area contributed by atoms with E-state index in [1.165, 1.54) is 6.92 Å². The van der Waals surface area contributed by atoms with Crippen molar-refractivity contribution in [2.24, 2.45) is 5.92 Å². The predicted octanol–water partition coefficient (Wildman–Crippen LogP) is -1.04. The molecule has 2 atom stereocenters. The first kappa shape index (κ1) is 7.27. The second kappa shape index (κ2) is 1.85. The molecule has 5 heteroatoms. The molecular weight excluding hydrogens is 162 g/mol. The Hall–Kier alpha value is -1.39. The molecule has 0 spiro atoms. The van der Waals surface area contributed by atoms with Gasteiger partial charge in [0.15, 0.2) is 5.54 Å². The van der Waals surface area contributed by atoms with Crippen LogP contribution in [0, 0.1) is 5.92 Å². The molecule has 1 aliphatic carbocycles. The summed E-state index contributed by atoms with van der Waals surface area (Å²) in [4.78, 5) is 32.5. The average Bonchev–Trinajstić information content (AvgIpc) is 2.57. The van der Waals surface area contributed by atoms with Gasteiger partial charge in [-0.05, 0) is 6.42 Å². The Morgan fingerprint density at radius 3 is 2.67 bits per heavy atom. The minimum absolute atomic E-state index is 0.316. The van der Waals surface area contributed by atoms with Crippen molar-refractivity contribution in [2.45, 2.75) is 18.9 Å². The van der Waals surface area contributed by atoms with Gasteiger partial charge >= 0.3 is 11.9 Å². The third-order valence-corrected chi connectivity index (χ3v) is 2.20. The van der Waals surface area contributed by atoms with Crippen LogP contribution in [-0.4, -0.2) is 23.4 Å². The van der Waals surface area contributed by atoms with Gasteiger partial charge in [0.25, 0.3) is 0 Å². The summed E-state index contributed by atoms with van der Waals surface area (Å²) >= 11 is 0. The highest BCUT2D eigenvalue weighted by Crippen LogP contribution is 2.49. The minimum Gasteiger partial charge on any atom is -0.391 e. The third kappa shape index (κ3) is 0.704. The van der Waals surface area contributed by atoms with Gasteiger partial charge in [0.05, 0.1) is 5.92 Å². The fourth-order valence-corrected chi connectivity index (χ4v) is 1.53. The number of hydrogen-bond acceptors (Lipinski definition) is 4. The highest BCUT2D eigenvalue weighted by Gasteiger charge is 2.72. The molecule has 0 radical (unpaired) electrons. The zero-order chi connectivity index (χ0) is 8.93. The molecule has 0 aromatic rings. The number of carbonyl (C=O) groups excluding carboxylic acids is 3. The predicted molar refractivity (Wildman–Crippen MR) is 35.8 cm³/mol. The number of cyclic esters (lactones) is 2. The van der Waals surface area contributed by atoms with Crippen molar-refractivity contribution in [2.75, 3.05) is 0 Å². The summed E-state index contributed by atoms with van der Waals surface area (Å²) < 4.78 is 4.33. The Morgan fingerprint density at radius 2 is 2.33 bits per heavy atom. The number of hydrogen-bond donors (Lipinski definition) is 1. The van der Waals surface area contributed by atoms with E-state index >= 15 is 0 Å². The SMILES string of the molecule is CC(=O)N[C@@]12C[C@H]1C(=O)OC2=O. The molecule has 1 saturated carbocycles. The quantitative estimate of drug-likeness (QED) is 0.402. The highest BCUT2D eigenvalue weighted by atomic mass is 16.6. The van der Waals surface area contributed by atoms with Crippen LogP contribution in [0.5, 0.6) is 0 Å². The first-order valence-corrected chi connectivity index (χ1v) is 3.61. The van der Waals surface area contributed by atoms with Gasteiger partial charge < -0.3 is 10.1 Å². The van der Waals surface area contributed by atoms with Crippen molar-refractivity contribution in [1.29, 1.82) is 0 Å². The van der Waals surface area contributed by atoms with Crippen LogP contribution in [0.15, 0.2) is 0 Å². The number of fused-ring (bicyclic) bond motifs is 1. The monoisotopic (exact) mass is 169 g/mol. The van der Waals surface area contributed by atoms with Gasteiger partial charge in [-0.2, -0.15) is 0 Å². The molecule has 2 rings (SSSR count). The molecule has 1 amide bonds. The van der Waals surface area contributed by atoms with E-state index in [2.05, 4.69) is 10.1 Å². The number of rotatable bonds is 1. The molecule has 2 fully saturated rings. The molecular formula is C7H7NO4. The van der Waals surface area contributed by atoms with E-state index in [1.807, 2.05) is 0 Å². The van der Waals surface area contributed by atoms with E-state index in [4.69, 9.17) is 0 Å². The lowest BCUT2D eigenvalue weighted by Crippen LogP contribution is -2.41. The van der Waals surface area contributed by atoms with Gasteiger partial charge in [0.1, 0.15) is 0 Å². The standard InChI is InChI=1S/C7H7NO4/c1-3(9)8-7-2-4(7)5(10)12-6(7)11/h4H,2H2,1H3,(H,8,9)/t4-,7-/m0/s1. The summed E-state index contributed by atoms with van der Waals surface area (Å²) in [6.07, 6.45) is 0.393. The Morgan fingerprint density at radius 1 is 1.67 bits per heavy atom. The van der Waals surface area contributed by atoms with E-state index in [-0.39, 0.29) is 5.91 Å². The number of nitrogens with one attached hydrogen (secondary N) is 1. The Labute approximate surface area is 68.1 Å². The average molecular weight is 169 g/mol. The van der Waals surface area contributed by atoms with E-state index in [1.54, 1.807) is 0 Å². The van der Waals surface area contributed by atoms with E-state index in [0.717, 1.165) is 0 Å². The molecule has 1 N–H and O–H groups in total. The molecule has 0 bridgehead atoms. The van der Waals surface area contributed by atoms with Crippen molar-refractivity contribution >= 4 is 17.8 Å². The van der Waals surface area contributed by atoms with Crippen LogP contribution < -0.4 is 5.32 Å².